The van der Waals surface area contributed by atoms with Gasteiger partial charge in [0.05, 0.1) is 6.33 Å². The third kappa shape index (κ3) is 3.29. The number of anilines is 2. The first-order valence-electron chi connectivity index (χ1n) is 9.52. The van der Waals surface area contributed by atoms with E-state index >= 15 is 0 Å². The minimum Gasteiger partial charge on any atom is -0.355 e. The van der Waals surface area contributed by atoms with E-state index in [1.807, 2.05) is 6.33 Å². The highest BCUT2D eigenvalue weighted by atomic mass is 15.3. The summed E-state index contributed by atoms with van der Waals surface area (Å²) in [5, 5.41) is 3.56. The first-order valence-corrected chi connectivity index (χ1v) is 9.52. The maximum atomic E-state index is 6.03. The Morgan fingerprint density at radius 1 is 1.16 bits per heavy atom. The molecule has 2 heterocycles. The molecule has 2 aliphatic rings. The van der Waals surface area contributed by atoms with Gasteiger partial charge in [0.25, 0.3) is 0 Å². The highest BCUT2D eigenvalue weighted by Gasteiger charge is 2.30. The summed E-state index contributed by atoms with van der Waals surface area (Å²) in [6.45, 7) is 4.31. The number of imidazole rings is 1. The topological polar surface area (TPSA) is 84.9 Å². The Kier molecular flexibility index (Phi) is 4.27. The van der Waals surface area contributed by atoms with Gasteiger partial charge in [-0.3, -0.25) is 0 Å². The molecule has 2 aromatic rings. The molecule has 0 saturated heterocycles. The van der Waals surface area contributed by atoms with Crippen LogP contribution in [0.5, 0.6) is 0 Å². The van der Waals surface area contributed by atoms with Crippen molar-refractivity contribution in [1.29, 1.82) is 0 Å². The molecule has 0 aromatic carbocycles. The molecule has 0 bridgehead atoms. The molecule has 2 aromatic heterocycles. The minimum atomic E-state index is 0.319. The SMILES string of the molecule is CC(C)n1cnc2c(N(C)C3CC3)nc(NC3CCC(N)CC3)nc21. The molecule has 2 fully saturated rings. The van der Waals surface area contributed by atoms with E-state index in [9.17, 15) is 0 Å². The van der Waals surface area contributed by atoms with Gasteiger partial charge in [0, 0.05) is 31.2 Å². The summed E-state index contributed by atoms with van der Waals surface area (Å²) in [4.78, 5) is 16.5. The molecule has 3 N–H and O–H groups in total. The van der Waals surface area contributed by atoms with Gasteiger partial charge >= 0.3 is 0 Å². The molecule has 7 heteroatoms. The van der Waals surface area contributed by atoms with Crippen molar-refractivity contribution in [2.24, 2.45) is 5.73 Å². The maximum Gasteiger partial charge on any atom is 0.227 e. The van der Waals surface area contributed by atoms with Crippen molar-refractivity contribution in [2.45, 2.75) is 76.5 Å². The Labute approximate surface area is 149 Å². The summed E-state index contributed by atoms with van der Waals surface area (Å²) in [7, 11) is 2.12. The standard InChI is InChI=1S/C18H29N7/c1-11(2)25-10-20-15-16(24(3)14-8-9-14)22-18(23-17(15)25)21-13-6-4-12(19)5-7-13/h10-14H,4-9,19H2,1-3H3,(H,21,22,23). The monoisotopic (exact) mass is 343 g/mol. The van der Waals surface area contributed by atoms with Crippen molar-refractivity contribution >= 4 is 22.9 Å². The predicted octanol–water partition coefficient (Wildman–Crippen LogP) is 2.69. The second-order valence-electron chi connectivity index (χ2n) is 7.89. The number of hydrogen-bond donors (Lipinski definition) is 2. The van der Waals surface area contributed by atoms with Crippen LogP contribution in [0.1, 0.15) is 58.4 Å². The van der Waals surface area contributed by atoms with E-state index in [-0.39, 0.29) is 0 Å². The fourth-order valence-corrected chi connectivity index (χ4v) is 3.67. The van der Waals surface area contributed by atoms with E-state index in [0.29, 0.717) is 24.2 Å². The largest absolute Gasteiger partial charge is 0.355 e. The predicted molar refractivity (Wildman–Crippen MR) is 101 cm³/mol. The number of nitrogens with two attached hydrogens (primary N) is 1. The summed E-state index contributed by atoms with van der Waals surface area (Å²) in [5.41, 5.74) is 7.85. The van der Waals surface area contributed by atoms with E-state index in [2.05, 4.69) is 40.7 Å². The van der Waals surface area contributed by atoms with Crippen molar-refractivity contribution in [1.82, 2.24) is 19.5 Å². The minimum absolute atomic E-state index is 0.319. The Morgan fingerprint density at radius 3 is 2.52 bits per heavy atom. The van der Waals surface area contributed by atoms with Crippen LogP contribution in [0.25, 0.3) is 11.2 Å². The fourth-order valence-electron chi connectivity index (χ4n) is 3.67. The van der Waals surface area contributed by atoms with Crippen LogP contribution in [0.2, 0.25) is 0 Å². The van der Waals surface area contributed by atoms with E-state index in [1.165, 1.54) is 12.8 Å². The van der Waals surface area contributed by atoms with Gasteiger partial charge in [-0.05, 0) is 52.4 Å². The Bertz CT molecular complexity index is 741. The third-order valence-electron chi connectivity index (χ3n) is 5.49. The summed E-state index contributed by atoms with van der Waals surface area (Å²) in [6.07, 6.45) is 8.65. The number of fused-ring (bicyclic) bond motifs is 1. The van der Waals surface area contributed by atoms with Gasteiger partial charge in [-0.1, -0.05) is 0 Å². The molecular weight excluding hydrogens is 314 g/mol. The summed E-state index contributed by atoms with van der Waals surface area (Å²) in [6, 6.07) is 1.66. The smallest absolute Gasteiger partial charge is 0.227 e. The normalized spacial score (nSPS) is 24.0. The molecule has 0 unspecified atom stereocenters. The molecule has 0 amide bonds. The first kappa shape index (κ1) is 16.6. The number of rotatable bonds is 5. The molecule has 0 radical (unpaired) electrons. The van der Waals surface area contributed by atoms with Crippen LogP contribution in [0.15, 0.2) is 6.33 Å². The van der Waals surface area contributed by atoms with Crippen molar-refractivity contribution in [3.63, 3.8) is 0 Å². The molecule has 0 atom stereocenters. The van der Waals surface area contributed by atoms with Gasteiger partial charge < -0.3 is 20.5 Å². The lowest BCUT2D eigenvalue weighted by atomic mass is 9.92. The van der Waals surface area contributed by atoms with Gasteiger partial charge in [0.1, 0.15) is 0 Å². The number of nitrogens with zero attached hydrogens (tertiary/aromatic N) is 5. The van der Waals surface area contributed by atoms with Crippen molar-refractivity contribution in [2.75, 3.05) is 17.3 Å². The Balaban J connectivity index is 1.69. The molecule has 0 spiro atoms. The zero-order chi connectivity index (χ0) is 17.6. The van der Waals surface area contributed by atoms with E-state index in [4.69, 9.17) is 15.7 Å². The third-order valence-corrected chi connectivity index (χ3v) is 5.49. The zero-order valence-corrected chi connectivity index (χ0v) is 15.4. The molecule has 0 aliphatic heterocycles. The van der Waals surface area contributed by atoms with E-state index in [0.717, 1.165) is 48.6 Å². The van der Waals surface area contributed by atoms with Crippen LogP contribution in [0.3, 0.4) is 0 Å². The molecule has 2 saturated carbocycles. The lowest BCUT2D eigenvalue weighted by Gasteiger charge is -2.27. The van der Waals surface area contributed by atoms with E-state index in [1.54, 1.807) is 0 Å². The van der Waals surface area contributed by atoms with Crippen LogP contribution in [0.4, 0.5) is 11.8 Å². The lowest BCUT2D eigenvalue weighted by Crippen LogP contribution is -2.33. The van der Waals surface area contributed by atoms with Crippen molar-refractivity contribution in [3.05, 3.63) is 6.33 Å². The van der Waals surface area contributed by atoms with Crippen molar-refractivity contribution in [3.8, 4) is 0 Å². The van der Waals surface area contributed by atoms with Crippen LogP contribution < -0.4 is 16.0 Å². The van der Waals surface area contributed by atoms with E-state index < -0.39 is 0 Å². The molecule has 4 rings (SSSR count). The fraction of sp³-hybridized carbons (Fsp3) is 0.722. The second kappa shape index (κ2) is 6.44. The maximum absolute atomic E-state index is 6.03. The summed E-state index contributed by atoms with van der Waals surface area (Å²) >= 11 is 0. The van der Waals surface area contributed by atoms with Gasteiger partial charge in [-0.15, -0.1) is 0 Å². The number of hydrogen-bond acceptors (Lipinski definition) is 6. The molecule has 7 nitrogen and oxygen atoms in total. The Morgan fingerprint density at radius 2 is 1.88 bits per heavy atom. The second-order valence-corrected chi connectivity index (χ2v) is 7.89. The molecule has 2 aliphatic carbocycles. The average Bonchev–Trinajstić information content (AvgIpc) is 3.35. The van der Waals surface area contributed by atoms with Gasteiger partial charge in [0.2, 0.25) is 5.95 Å². The quantitative estimate of drug-likeness (QED) is 0.868. The summed E-state index contributed by atoms with van der Waals surface area (Å²) < 4.78 is 2.13. The van der Waals surface area contributed by atoms with Crippen LogP contribution in [-0.2, 0) is 0 Å². The van der Waals surface area contributed by atoms with Gasteiger partial charge in [-0.2, -0.15) is 9.97 Å². The van der Waals surface area contributed by atoms with Crippen LogP contribution in [-0.4, -0.2) is 44.7 Å². The summed E-state index contributed by atoms with van der Waals surface area (Å²) in [5.74, 6) is 1.67. The number of nitrogens with one attached hydrogen (secondary N) is 1. The Hall–Kier alpha value is -1.89. The van der Waals surface area contributed by atoms with Gasteiger partial charge in [-0.25, -0.2) is 4.98 Å². The van der Waals surface area contributed by atoms with Crippen LogP contribution in [0, 0.1) is 0 Å². The average molecular weight is 343 g/mol. The number of aromatic nitrogens is 4. The first-order chi connectivity index (χ1) is 12.0. The van der Waals surface area contributed by atoms with Crippen molar-refractivity contribution < 1.29 is 0 Å². The molecule has 136 valence electrons. The zero-order valence-electron chi connectivity index (χ0n) is 15.4. The van der Waals surface area contributed by atoms with Gasteiger partial charge in [0.15, 0.2) is 17.0 Å². The lowest BCUT2D eigenvalue weighted by molar-refractivity contribution is 0.410. The van der Waals surface area contributed by atoms with Crippen LogP contribution >= 0.6 is 0 Å². The molecular formula is C18H29N7. The highest BCUT2D eigenvalue weighted by molar-refractivity contribution is 5.85. The highest BCUT2D eigenvalue weighted by Crippen LogP contribution is 2.34. The molecule has 25 heavy (non-hydrogen) atoms.